The van der Waals surface area contributed by atoms with Crippen molar-refractivity contribution in [2.24, 2.45) is 0 Å². The highest BCUT2D eigenvalue weighted by Gasteiger charge is 2.26. The summed E-state index contributed by atoms with van der Waals surface area (Å²) in [7, 11) is 0. The maximum absolute atomic E-state index is 11.7. The number of fused-ring (bicyclic) bond motifs is 1. The van der Waals surface area contributed by atoms with Crippen LogP contribution in [-0.2, 0) is 4.79 Å². The minimum absolute atomic E-state index is 0.342. The van der Waals surface area contributed by atoms with E-state index in [1.54, 1.807) is 18.3 Å². The van der Waals surface area contributed by atoms with Crippen molar-refractivity contribution in [3.63, 3.8) is 0 Å². The zero-order chi connectivity index (χ0) is 13.7. The summed E-state index contributed by atoms with van der Waals surface area (Å²) in [5.74, 6) is -1.04. The Balaban J connectivity index is 2.08. The lowest BCUT2D eigenvalue weighted by molar-refractivity contribution is -0.111. The van der Waals surface area contributed by atoms with Gasteiger partial charge in [0.15, 0.2) is 0 Å². The van der Waals surface area contributed by atoms with E-state index in [2.05, 4.69) is 16.4 Å². The van der Waals surface area contributed by atoms with Crippen LogP contribution in [0, 0.1) is 11.3 Å². The van der Waals surface area contributed by atoms with E-state index >= 15 is 0 Å². The molecule has 2 rings (SSSR count). The highest BCUT2D eigenvalue weighted by Crippen LogP contribution is 2.20. The van der Waals surface area contributed by atoms with Gasteiger partial charge in [-0.3, -0.25) is 14.6 Å². The number of nitrogens with one attached hydrogen (secondary N) is 1. The molecule has 5 nitrogen and oxygen atoms in total. The van der Waals surface area contributed by atoms with Gasteiger partial charge in [-0.05, 0) is 25.0 Å². The summed E-state index contributed by atoms with van der Waals surface area (Å²) in [5, 5.41) is 11.5. The van der Waals surface area contributed by atoms with Gasteiger partial charge in [0.2, 0.25) is 11.6 Å². The fraction of sp³-hybridized carbons (Fsp3) is 0.286. The van der Waals surface area contributed by atoms with Crippen molar-refractivity contribution < 1.29 is 9.59 Å². The van der Waals surface area contributed by atoms with Gasteiger partial charge < -0.3 is 5.32 Å². The molecular weight excluding hydrogens is 242 g/mol. The Hall–Kier alpha value is -2.48. The van der Waals surface area contributed by atoms with Crippen LogP contribution in [0.3, 0.4) is 0 Å². The second kappa shape index (κ2) is 5.91. The topological polar surface area (TPSA) is 82.9 Å². The predicted octanol–water partition coefficient (Wildman–Crippen LogP) is 1.47. The van der Waals surface area contributed by atoms with E-state index in [1.165, 1.54) is 6.08 Å². The van der Waals surface area contributed by atoms with Crippen LogP contribution in [0.2, 0.25) is 0 Å². The molecule has 1 aliphatic rings. The Morgan fingerprint density at radius 3 is 2.95 bits per heavy atom. The Morgan fingerprint density at radius 1 is 1.32 bits per heavy atom. The summed E-state index contributed by atoms with van der Waals surface area (Å²) in [6.45, 7) is 0.644. The van der Waals surface area contributed by atoms with Crippen LogP contribution in [0.1, 0.15) is 35.3 Å². The molecule has 19 heavy (non-hydrogen) atoms. The van der Waals surface area contributed by atoms with Crippen LogP contribution < -0.4 is 5.32 Å². The molecule has 1 N–H and O–H groups in total. The molecule has 0 aliphatic heterocycles. The molecule has 0 fully saturated rings. The van der Waals surface area contributed by atoms with Gasteiger partial charge in [-0.2, -0.15) is 5.26 Å². The van der Waals surface area contributed by atoms with Gasteiger partial charge in [-0.1, -0.05) is 0 Å². The van der Waals surface area contributed by atoms with Crippen molar-refractivity contribution in [2.75, 3.05) is 6.54 Å². The normalized spacial score (nSPS) is 13.5. The van der Waals surface area contributed by atoms with E-state index in [9.17, 15) is 9.59 Å². The number of carbonyl (C=O) groups is 2. The molecule has 0 aromatic carbocycles. The molecule has 1 aliphatic carbocycles. The number of rotatable bonds is 5. The van der Waals surface area contributed by atoms with E-state index in [-0.39, 0.29) is 0 Å². The predicted molar refractivity (Wildman–Crippen MR) is 69.0 cm³/mol. The monoisotopic (exact) mass is 255 g/mol. The molecule has 1 heterocycles. The number of pyridine rings is 1. The van der Waals surface area contributed by atoms with Crippen molar-refractivity contribution in [3.8, 4) is 6.07 Å². The lowest BCUT2D eigenvalue weighted by Gasteiger charge is -2.16. The summed E-state index contributed by atoms with van der Waals surface area (Å²) in [4.78, 5) is 27.4. The van der Waals surface area contributed by atoms with Crippen LogP contribution >= 0.6 is 0 Å². The molecule has 0 atom stereocenters. The lowest BCUT2D eigenvalue weighted by atomic mass is 9.97. The maximum Gasteiger partial charge on any atom is 0.235 e. The molecule has 1 aromatic rings. The van der Waals surface area contributed by atoms with Crippen molar-refractivity contribution in [1.82, 2.24) is 10.3 Å². The Labute approximate surface area is 111 Å². The third-order valence-electron chi connectivity index (χ3n) is 2.84. The average molecular weight is 255 g/mol. The smallest absolute Gasteiger partial charge is 0.235 e. The number of unbranched alkanes of at least 4 members (excludes halogenated alkanes) is 2. The maximum atomic E-state index is 11.7. The van der Waals surface area contributed by atoms with Crippen LogP contribution in [0.5, 0.6) is 0 Å². The van der Waals surface area contributed by atoms with Gasteiger partial charge in [-0.15, -0.1) is 0 Å². The van der Waals surface area contributed by atoms with Crippen molar-refractivity contribution >= 4 is 17.3 Å². The SMILES string of the molecule is N#CCCCCNC1=CC(=O)C(=O)c2cccnc21. The van der Waals surface area contributed by atoms with Gasteiger partial charge in [-0.25, -0.2) is 0 Å². The molecule has 0 radical (unpaired) electrons. The van der Waals surface area contributed by atoms with Crippen LogP contribution in [0.15, 0.2) is 24.4 Å². The van der Waals surface area contributed by atoms with Gasteiger partial charge >= 0.3 is 0 Å². The molecule has 0 amide bonds. The van der Waals surface area contributed by atoms with Crippen LogP contribution in [0.4, 0.5) is 0 Å². The quantitative estimate of drug-likeness (QED) is 0.636. The number of hydrogen-bond donors (Lipinski definition) is 1. The summed E-state index contributed by atoms with van der Waals surface area (Å²) in [6.07, 6.45) is 5.04. The van der Waals surface area contributed by atoms with E-state index in [4.69, 9.17) is 5.26 Å². The van der Waals surface area contributed by atoms with E-state index in [0.29, 0.717) is 29.9 Å². The van der Waals surface area contributed by atoms with Gasteiger partial charge in [0, 0.05) is 25.2 Å². The molecule has 0 saturated carbocycles. The number of carbonyl (C=O) groups excluding carboxylic acids is 2. The molecule has 96 valence electrons. The molecular formula is C14H13N3O2. The highest BCUT2D eigenvalue weighted by molar-refractivity contribution is 6.50. The van der Waals surface area contributed by atoms with Crippen molar-refractivity contribution in [1.29, 1.82) is 5.26 Å². The van der Waals surface area contributed by atoms with Crippen LogP contribution in [-0.4, -0.2) is 23.1 Å². The number of aromatic nitrogens is 1. The van der Waals surface area contributed by atoms with Gasteiger partial charge in [0.25, 0.3) is 0 Å². The average Bonchev–Trinajstić information content (AvgIpc) is 2.44. The lowest BCUT2D eigenvalue weighted by Crippen LogP contribution is -2.25. The number of Topliss-reactive ketones (excluding diaryl/α,β-unsaturated/α-hetero) is 1. The van der Waals surface area contributed by atoms with Crippen molar-refractivity contribution in [2.45, 2.75) is 19.3 Å². The molecule has 0 bridgehead atoms. The third kappa shape index (κ3) is 2.86. The van der Waals surface area contributed by atoms with E-state index in [0.717, 1.165) is 12.8 Å². The first-order chi connectivity index (χ1) is 9.24. The molecule has 5 heteroatoms. The Morgan fingerprint density at radius 2 is 2.16 bits per heavy atom. The van der Waals surface area contributed by atoms with E-state index < -0.39 is 11.6 Å². The number of nitriles is 1. The largest absolute Gasteiger partial charge is 0.383 e. The zero-order valence-corrected chi connectivity index (χ0v) is 10.3. The first-order valence-corrected chi connectivity index (χ1v) is 6.10. The second-order valence-electron chi connectivity index (χ2n) is 4.19. The molecule has 0 unspecified atom stereocenters. The Bertz CT molecular complexity index is 585. The van der Waals surface area contributed by atoms with E-state index in [1.807, 2.05) is 0 Å². The molecule has 1 aromatic heterocycles. The first-order valence-electron chi connectivity index (χ1n) is 6.10. The molecule has 0 saturated heterocycles. The molecule has 0 spiro atoms. The Kier molecular flexibility index (Phi) is 4.04. The summed E-state index contributed by atoms with van der Waals surface area (Å²) >= 11 is 0. The fourth-order valence-corrected chi connectivity index (χ4v) is 1.89. The number of ketones is 2. The second-order valence-corrected chi connectivity index (χ2v) is 4.19. The zero-order valence-electron chi connectivity index (χ0n) is 10.3. The fourth-order valence-electron chi connectivity index (χ4n) is 1.89. The minimum Gasteiger partial charge on any atom is -0.383 e. The summed E-state index contributed by atoms with van der Waals surface area (Å²) in [6, 6.07) is 5.32. The standard InChI is InChI=1S/C14H13N3O2/c15-6-2-1-3-7-16-11-9-12(18)14(19)10-5-4-8-17-13(10)11/h4-5,8-9,16H,1-3,7H2. The van der Waals surface area contributed by atoms with Gasteiger partial charge in [0.05, 0.1) is 23.0 Å². The van der Waals surface area contributed by atoms with Gasteiger partial charge in [0.1, 0.15) is 0 Å². The van der Waals surface area contributed by atoms with Crippen LogP contribution in [0.25, 0.3) is 5.70 Å². The first kappa shape index (κ1) is 13.0. The number of nitrogens with zero attached hydrogens (tertiary/aromatic N) is 2. The summed E-state index contributed by atoms with van der Waals surface area (Å²) < 4.78 is 0. The third-order valence-corrected chi connectivity index (χ3v) is 2.84. The number of hydrogen-bond acceptors (Lipinski definition) is 5. The highest BCUT2D eigenvalue weighted by atomic mass is 16.2. The summed E-state index contributed by atoms with van der Waals surface area (Å²) in [5.41, 5.74) is 1.44. The minimum atomic E-state index is -0.528. The number of allylic oxidation sites excluding steroid dienone is 1. The van der Waals surface area contributed by atoms with Crippen molar-refractivity contribution in [3.05, 3.63) is 35.7 Å².